The highest BCUT2D eigenvalue weighted by atomic mass is 32.1. The van der Waals surface area contributed by atoms with Crippen LogP contribution in [0.3, 0.4) is 0 Å². The molecule has 3 rings (SSSR count). The number of halogens is 4. The highest BCUT2D eigenvalue weighted by Gasteiger charge is 2.33. The Morgan fingerprint density at radius 1 is 1.19 bits per heavy atom. The van der Waals surface area contributed by atoms with E-state index in [0.717, 1.165) is 35.5 Å². The largest absolute Gasteiger partial charge is 0.434 e. The topological polar surface area (TPSA) is 43.8 Å². The molecule has 1 N–H and O–H groups in total. The van der Waals surface area contributed by atoms with Crippen LogP contribution >= 0.6 is 11.3 Å². The summed E-state index contributed by atoms with van der Waals surface area (Å²) in [6, 6.07) is 6.37. The molecule has 10 heteroatoms. The van der Waals surface area contributed by atoms with E-state index >= 15 is 0 Å². The van der Waals surface area contributed by atoms with Crippen molar-refractivity contribution in [2.75, 3.05) is 38.1 Å². The number of benzene rings is 1. The van der Waals surface area contributed by atoms with E-state index in [0.29, 0.717) is 24.1 Å². The first-order chi connectivity index (χ1) is 12.9. The molecule has 0 amide bonds. The zero-order valence-corrected chi connectivity index (χ0v) is 15.4. The Morgan fingerprint density at radius 2 is 1.85 bits per heavy atom. The van der Waals surface area contributed by atoms with Gasteiger partial charge in [0.05, 0.1) is 6.54 Å². The molecule has 0 spiro atoms. The fourth-order valence-corrected chi connectivity index (χ4v) is 3.58. The average molecular weight is 401 g/mol. The first-order valence-electron chi connectivity index (χ1n) is 8.34. The van der Waals surface area contributed by atoms with Crippen molar-refractivity contribution in [2.45, 2.75) is 12.7 Å². The number of aliphatic imine (C=N–C) groups is 1. The molecular weight excluding hydrogens is 382 g/mol. The van der Waals surface area contributed by atoms with Crippen molar-refractivity contribution in [3.05, 3.63) is 46.2 Å². The molecule has 0 atom stereocenters. The van der Waals surface area contributed by atoms with Crippen molar-refractivity contribution in [3.63, 3.8) is 0 Å². The second kappa shape index (κ2) is 8.12. The zero-order valence-electron chi connectivity index (χ0n) is 14.6. The number of alkyl halides is 3. The molecule has 1 aromatic carbocycles. The number of piperazine rings is 1. The third-order valence-electron chi connectivity index (χ3n) is 4.22. The number of nitrogens with zero attached hydrogens (tertiary/aromatic N) is 4. The summed E-state index contributed by atoms with van der Waals surface area (Å²) in [5, 5.41) is 4.44. The van der Waals surface area contributed by atoms with Gasteiger partial charge in [-0.3, -0.25) is 4.99 Å². The van der Waals surface area contributed by atoms with E-state index in [1.807, 2.05) is 4.90 Å². The van der Waals surface area contributed by atoms with Gasteiger partial charge in [-0.2, -0.15) is 13.2 Å². The van der Waals surface area contributed by atoms with Crippen LogP contribution in [0.25, 0.3) is 0 Å². The smallest absolute Gasteiger partial charge is 0.368 e. The Morgan fingerprint density at radius 3 is 2.41 bits per heavy atom. The molecule has 0 aliphatic carbocycles. The molecule has 146 valence electrons. The number of rotatable bonds is 3. The van der Waals surface area contributed by atoms with Crippen molar-refractivity contribution < 1.29 is 17.6 Å². The van der Waals surface area contributed by atoms with Crippen LogP contribution in [-0.4, -0.2) is 49.1 Å². The van der Waals surface area contributed by atoms with E-state index in [4.69, 9.17) is 0 Å². The molecule has 0 radical (unpaired) electrons. The minimum atomic E-state index is -4.42. The summed E-state index contributed by atoms with van der Waals surface area (Å²) in [7, 11) is 1.64. The van der Waals surface area contributed by atoms with E-state index in [1.165, 1.54) is 12.1 Å². The fraction of sp³-hybridized carbons (Fsp3) is 0.412. The van der Waals surface area contributed by atoms with Crippen LogP contribution in [0.15, 0.2) is 34.6 Å². The van der Waals surface area contributed by atoms with Gasteiger partial charge in [-0.05, 0) is 24.3 Å². The number of nitrogens with one attached hydrogen (secondary N) is 1. The second-order valence-electron chi connectivity index (χ2n) is 5.98. The number of anilines is 1. The summed E-state index contributed by atoms with van der Waals surface area (Å²) in [6.07, 6.45) is -4.42. The minimum absolute atomic E-state index is 0.186. The van der Waals surface area contributed by atoms with E-state index in [1.54, 1.807) is 19.2 Å². The SMILES string of the molecule is CN=C(NCc1nc(C(F)(F)F)cs1)N1CCN(c2ccc(F)cc2)CC1. The summed E-state index contributed by atoms with van der Waals surface area (Å²) in [4.78, 5) is 12.0. The van der Waals surface area contributed by atoms with Gasteiger partial charge in [-0.25, -0.2) is 9.37 Å². The van der Waals surface area contributed by atoms with Crippen LogP contribution in [-0.2, 0) is 12.7 Å². The van der Waals surface area contributed by atoms with Crippen LogP contribution < -0.4 is 10.2 Å². The van der Waals surface area contributed by atoms with E-state index in [9.17, 15) is 17.6 Å². The average Bonchev–Trinajstić information content (AvgIpc) is 3.13. The van der Waals surface area contributed by atoms with Crippen molar-refractivity contribution in [3.8, 4) is 0 Å². The van der Waals surface area contributed by atoms with Gasteiger partial charge in [0, 0.05) is 44.3 Å². The highest BCUT2D eigenvalue weighted by molar-refractivity contribution is 7.09. The lowest BCUT2D eigenvalue weighted by molar-refractivity contribution is -0.140. The van der Waals surface area contributed by atoms with Gasteiger partial charge in [-0.15, -0.1) is 11.3 Å². The molecule has 1 aromatic heterocycles. The molecule has 27 heavy (non-hydrogen) atoms. The second-order valence-corrected chi connectivity index (χ2v) is 6.92. The van der Waals surface area contributed by atoms with Gasteiger partial charge in [0.1, 0.15) is 10.8 Å². The first-order valence-corrected chi connectivity index (χ1v) is 9.22. The zero-order chi connectivity index (χ0) is 19.4. The number of thiazole rings is 1. The molecule has 2 aromatic rings. The Kier molecular flexibility index (Phi) is 5.83. The maximum atomic E-state index is 13.0. The standard InChI is InChI=1S/C17H19F4N5S/c1-22-16(23-10-15-24-14(11-27-15)17(19,20)21)26-8-6-25(7-9-26)13-4-2-12(18)3-5-13/h2-5,11H,6-10H2,1H3,(H,22,23). The van der Waals surface area contributed by atoms with Crippen LogP contribution in [0.2, 0.25) is 0 Å². The molecule has 1 fully saturated rings. The summed E-state index contributed by atoms with van der Waals surface area (Å²) in [6.45, 7) is 3.06. The highest BCUT2D eigenvalue weighted by Crippen LogP contribution is 2.29. The van der Waals surface area contributed by atoms with Crippen molar-refractivity contribution >= 4 is 23.0 Å². The maximum Gasteiger partial charge on any atom is 0.434 e. The monoisotopic (exact) mass is 401 g/mol. The van der Waals surface area contributed by atoms with Crippen molar-refractivity contribution in [2.24, 2.45) is 4.99 Å². The Bertz CT molecular complexity index is 779. The third kappa shape index (κ3) is 4.88. The summed E-state index contributed by atoms with van der Waals surface area (Å²) >= 11 is 0.968. The van der Waals surface area contributed by atoms with Gasteiger partial charge < -0.3 is 15.1 Å². The number of hydrogen-bond acceptors (Lipinski definition) is 4. The summed E-state index contributed by atoms with van der Waals surface area (Å²) < 4.78 is 50.9. The van der Waals surface area contributed by atoms with Gasteiger partial charge >= 0.3 is 6.18 Å². The van der Waals surface area contributed by atoms with Gasteiger partial charge in [-0.1, -0.05) is 0 Å². The van der Waals surface area contributed by atoms with E-state index in [2.05, 4.69) is 20.2 Å². The van der Waals surface area contributed by atoms with Crippen LogP contribution in [0, 0.1) is 5.82 Å². The van der Waals surface area contributed by atoms with Gasteiger partial charge in [0.25, 0.3) is 0 Å². The number of hydrogen-bond donors (Lipinski definition) is 1. The Hall–Kier alpha value is -2.36. The predicted octanol–water partition coefficient (Wildman–Crippen LogP) is 3.20. The lowest BCUT2D eigenvalue weighted by atomic mass is 10.2. The molecule has 0 unspecified atom stereocenters. The molecule has 0 bridgehead atoms. The quantitative estimate of drug-likeness (QED) is 0.487. The number of aromatic nitrogens is 1. The third-order valence-corrected chi connectivity index (χ3v) is 5.07. The maximum absolute atomic E-state index is 13.0. The van der Waals surface area contributed by atoms with E-state index < -0.39 is 11.9 Å². The van der Waals surface area contributed by atoms with Crippen LogP contribution in [0.4, 0.5) is 23.2 Å². The molecule has 1 aliphatic heterocycles. The number of guanidine groups is 1. The lowest BCUT2D eigenvalue weighted by Crippen LogP contribution is -2.52. The van der Waals surface area contributed by atoms with E-state index in [-0.39, 0.29) is 12.4 Å². The van der Waals surface area contributed by atoms with Crippen molar-refractivity contribution in [1.82, 2.24) is 15.2 Å². The van der Waals surface area contributed by atoms with Gasteiger partial charge in [0.15, 0.2) is 11.7 Å². The van der Waals surface area contributed by atoms with Crippen LogP contribution in [0.5, 0.6) is 0 Å². The lowest BCUT2D eigenvalue weighted by Gasteiger charge is -2.37. The predicted molar refractivity (Wildman–Crippen MR) is 97.5 cm³/mol. The normalized spacial score (nSPS) is 16.0. The minimum Gasteiger partial charge on any atom is -0.368 e. The molecule has 1 saturated heterocycles. The Labute approximate surface area is 158 Å². The van der Waals surface area contributed by atoms with Crippen molar-refractivity contribution in [1.29, 1.82) is 0 Å². The summed E-state index contributed by atoms with van der Waals surface area (Å²) in [5.41, 5.74) is 0.0914. The summed E-state index contributed by atoms with van der Waals surface area (Å²) in [5.74, 6) is 0.357. The molecule has 1 aliphatic rings. The molecule has 2 heterocycles. The van der Waals surface area contributed by atoms with Crippen LogP contribution in [0.1, 0.15) is 10.7 Å². The van der Waals surface area contributed by atoms with Gasteiger partial charge in [0.2, 0.25) is 0 Å². The first kappa shape index (κ1) is 19.4. The molecule has 5 nitrogen and oxygen atoms in total. The Balaban J connectivity index is 1.53. The molecule has 0 saturated carbocycles. The fourth-order valence-electron chi connectivity index (χ4n) is 2.84. The molecular formula is C17H19F4N5S.